The van der Waals surface area contributed by atoms with Gasteiger partial charge in [0, 0.05) is 40.2 Å². The minimum absolute atomic E-state index is 0.200. The SMILES string of the molecule is COCCNC(=O)c1ccccc1NC(=O)CCCCC(=O)Nc1ccccc1C(=O)NCCOC. The Balaban J connectivity index is 1.78. The molecule has 0 heterocycles. The Bertz CT molecular complexity index is 945. The number of para-hydroxylation sites is 2. The van der Waals surface area contributed by atoms with Gasteiger partial charge in [-0.05, 0) is 37.1 Å². The first-order valence-corrected chi connectivity index (χ1v) is 11.8. The lowest BCUT2D eigenvalue weighted by Crippen LogP contribution is -2.28. The molecule has 0 aliphatic carbocycles. The molecule has 10 nitrogen and oxygen atoms in total. The molecule has 0 aromatic heterocycles. The van der Waals surface area contributed by atoms with Crippen molar-refractivity contribution in [2.75, 3.05) is 51.2 Å². The van der Waals surface area contributed by atoms with E-state index < -0.39 is 0 Å². The fourth-order valence-corrected chi connectivity index (χ4v) is 3.30. The zero-order chi connectivity index (χ0) is 26.2. The average molecular weight is 499 g/mol. The number of carbonyl (C=O) groups is 4. The number of hydrogen-bond acceptors (Lipinski definition) is 6. The summed E-state index contributed by atoms with van der Waals surface area (Å²) in [6.07, 6.45) is 1.37. The highest BCUT2D eigenvalue weighted by Crippen LogP contribution is 2.17. The predicted octanol–water partition coefficient (Wildman–Crippen LogP) is 2.58. The fraction of sp³-hybridized carbons (Fsp3) is 0.385. The van der Waals surface area contributed by atoms with E-state index in [-0.39, 0.29) is 36.5 Å². The maximum atomic E-state index is 12.4. The van der Waals surface area contributed by atoms with Crippen LogP contribution >= 0.6 is 0 Å². The maximum absolute atomic E-state index is 12.4. The van der Waals surface area contributed by atoms with Gasteiger partial charge >= 0.3 is 0 Å². The molecule has 0 saturated heterocycles. The summed E-state index contributed by atoms with van der Waals surface area (Å²) in [6, 6.07) is 13.5. The van der Waals surface area contributed by atoms with E-state index in [1.807, 2.05) is 0 Å². The molecule has 0 radical (unpaired) electrons. The van der Waals surface area contributed by atoms with E-state index in [0.717, 1.165) is 0 Å². The van der Waals surface area contributed by atoms with Crippen LogP contribution in [0.1, 0.15) is 46.4 Å². The van der Waals surface area contributed by atoms with Crippen molar-refractivity contribution in [2.45, 2.75) is 25.7 Å². The van der Waals surface area contributed by atoms with Crippen LogP contribution in [-0.2, 0) is 19.1 Å². The van der Waals surface area contributed by atoms with Gasteiger partial charge in [0.05, 0.1) is 35.7 Å². The number of rotatable bonds is 15. The molecule has 4 N–H and O–H groups in total. The van der Waals surface area contributed by atoms with Crippen LogP contribution in [0.3, 0.4) is 0 Å². The van der Waals surface area contributed by atoms with Crippen LogP contribution in [0, 0.1) is 0 Å². The van der Waals surface area contributed by atoms with E-state index in [4.69, 9.17) is 9.47 Å². The highest BCUT2D eigenvalue weighted by atomic mass is 16.5. The third-order valence-electron chi connectivity index (χ3n) is 5.13. The molecule has 0 aliphatic rings. The number of amides is 4. The monoisotopic (exact) mass is 498 g/mol. The Morgan fingerprint density at radius 1 is 0.639 bits per heavy atom. The van der Waals surface area contributed by atoms with Crippen molar-refractivity contribution in [3.05, 3.63) is 59.7 Å². The fourth-order valence-electron chi connectivity index (χ4n) is 3.30. The molecule has 36 heavy (non-hydrogen) atoms. The molecule has 0 aliphatic heterocycles. The normalized spacial score (nSPS) is 10.4. The minimum Gasteiger partial charge on any atom is -0.383 e. The van der Waals surface area contributed by atoms with Crippen molar-refractivity contribution in [1.29, 1.82) is 0 Å². The van der Waals surface area contributed by atoms with Crippen molar-refractivity contribution in [3.63, 3.8) is 0 Å². The number of unbranched alkanes of at least 4 members (excludes halogenated alkanes) is 1. The summed E-state index contributed by atoms with van der Waals surface area (Å²) in [5.74, 6) is -1.09. The van der Waals surface area contributed by atoms with Gasteiger partial charge in [-0.1, -0.05) is 24.3 Å². The van der Waals surface area contributed by atoms with Gasteiger partial charge in [-0.3, -0.25) is 19.2 Å². The van der Waals surface area contributed by atoms with Gasteiger partial charge < -0.3 is 30.7 Å². The van der Waals surface area contributed by atoms with Gasteiger partial charge in [0.15, 0.2) is 0 Å². The average Bonchev–Trinajstić information content (AvgIpc) is 2.87. The molecule has 2 rings (SSSR count). The Kier molecular flexibility index (Phi) is 12.7. The quantitative estimate of drug-likeness (QED) is 0.279. The first-order chi connectivity index (χ1) is 17.5. The topological polar surface area (TPSA) is 135 Å². The Morgan fingerprint density at radius 3 is 1.42 bits per heavy atom. The molecule has 194 valence electrons. The highest BCUT2D eigenvalue weighted by Gasteiger charge is 2.14. The molecule has 0 atom stereocenters. The summed E-state index contributed by atoms with van der Waals surface area (Å²) in [6.45, 7) is 1.51. The van der Waals surface area contributed by atoms with E-state index in [1.165, 1.54) is 0 Å². The standard InChI is InChI=1S/C26H34N4O6/c1-35-17-15-27-25(33)19-9-3-5-11-21(19)29-23(31)13-7-8-14-24(32)30-22-12-6-4-10-20(22)26(34)28-16-18-36-2/h3-6,9-12H,7-8,13-18H2,1-2H3,(H,27,33)(H,28,34)(H,29,31)(H,30,32). The third kappa shape index (κ3) is 9.85. The lowest BCUT2D eigenvalue weighted by atomic mass is 10.1. The van der Waals surface area contributed by atoms with Crippen LogP contribution < -0.4 is 21.3 Å². The predicted molar refractivity (Wildman–Crippen MR) is 137 cm³/mol. The van der Waals surface area contributed by atoms with Gasteiger partial charge in [0.2, 0.25) is 11.8 Å². The van der Waals surface area contributed by atoms with Gasteiger partial charge in [0.1, 0.15) is 0 Å². The smallest absolute Gasteiger partial charge is 0.253 e. The second-order valence-corrected chi connectivity index (χ2v) is 7.89. The number of anilines is 2. The molecule has 0 spiro atoms. The number of ether oxygens (including phenoxy) is 2. The van der Waals surface area contributed by atoms with Crippen LogP contribution in [0.4, 0.5) is 11.4 Å². The zero-order valence-electron chi connectivity index (χ0n) is 20.7. The van der Waals surface area contributed by atoms with E-state index in [0.29, 0.717) is 61.6 Å². The molecule has 2 aromatic rings. The number of hydrogen-bond donors (Lipinski definition) is 4. The lowest BCUT2D eigenvalue weighted by Gasteiger charge is -2.12. The molecule has 0 bridgehead atoms. The molecular formula is C26H34N4O6. The van der Waals surface area contributed by atoms with Crippen LogP contribution in [-0.4, -0.2) is 64.2 Å². The van der Waals surface area contributed by atoms with Crippen molar-refractivity contribution >= 4 is 35.0 Å². The number of nitrogens with one attached hydrogen (secondary N) is 4. The minimum atomic E-state index is -0.299. The van der Waals surface area contributed by atoms with Crippen molar-refractivity contribution < 1.29 is 28.7 Å². The largest absolute Gasteiger partial charge is 0.383 e. The second kappa shape index (κ2) is 16.0. The van der Waals surface area contributed by atoms with Crippen LogP contribution in [0.15, 0.2) is 48.5 Å². The summed E-state index contributed by atoms with van der Waals surface area (Å²) in [7, 11) is 3.10. The summed E-state index contributed by atoms with van der Waals surface area (Å²) in [5, 5.41) is 11.0. The summed E-state index contributed by atoms with van der Waals surface area (Å²) in [4.78, 5) is 49.5. The highest BCUT2D eigenvalue weighted by molar-refractivity contribution is 6.04. The molecule has 2 aromatic carbocycles. The van der Waals surface area contributed by atoms with E-state index in [9.17, 15) is 19.2 Å². The summed E-state index contributed by atoms with van der Waals surface area (Å²) >= 11 is 0. The van der Waals surface area contributed by atoms with Crippen molar-refractivity contribution in [3.8, 4) is 0 Å². The number of benzene rings is 2. The molecule has 0 unspecified atom stereocenters. The first kappa shape index (κ1) is 28.5. The van der Waals surface area contributed by atoms with Gasteiger partial charge in [-0.2, -0.15) is 0 Å². The molecule has 4 amide bonds. The lowest BCUT2D eigenvalue weighted by molar-refractivity contribution is -0.118. The van der Waals surface area contributed by atoms with Crippen molar-refractivity contribution in [1.82, 2.24) is 10.6 Å². The van der Waals surface area contributed by atoms with Gasteiger partial charge in [-0.25, -0.2) is 0 Å². The number of carbonyl (C=O) groups excluding carboxylic acids is 4. The Labute approximate surface area is 211 Å². The molecule has 0 saturated carbocycles. The molecule has 10 heteroatoms. The second-order valence-electron chi connectivity index (χ2n) is 7.89. The van der Waals surface area contributed by atoms with Gasteiger partial charge in [-0.15, -0.1) is 0 Å². The van der Waals surface area contributed by atoms with Crippen molar-refractivity contribution in [2.24, 2.45) is 0 Å². The van der Waals surface area contributed by atoms with E-state index >= 15 is 0 Å². The third-order valence-corrected chi connectivity index (χ3v) is 5.13. The summed E-state index contributed by atoms with van der Waals surface area (Å²) < 4.78 is 9.85. The van der Waals surface area contributed by atoms with Crippen LogP contribution in [0.5, 0.6) is 0 Å². The maximum Gasteiger partial charge on any atom is 0.253 e. The summed E-state index contributed by atoms with van der Waals surface area (Å²) in [5.41, 5.74) is 1.59. The Hall–Kier alpha value is -3.76. The van der Waals surface area contributed by atoms with Gasteiger partial charge in [0.25, 0.3) is 11.8 Å². The number of methoxy groups -OCH3 is 2. The zero-order valence-corrected chi connectivity index (χ0v) is 20.7. The van der Waals surface area contributed by atoms with E-state index in [2.05, 4.69) is 21.3 Å². The van der Waals surface area contributed by atoms with E-state index in [1.54, 1.807) is 62.8 Å². The van der Waals surface area contributed by atoms with Crippen LogP contribution in [0.2, 0.25) is 0 Å². The molecule has 0 fully saturated rings. The first-order valence-electron chi connectivity index (χ1n) is 11.8. The molecular weight excluding hydrogens is 464 g/mol. The Morgan fingerprint density at radius 2 is 1.03 bits per heavy atom. The van der Waals surface area contributed by atoms with Crippen LogP contribution in [0.25, 0.3) is 0 Å².